The van der Waals surface area contributed by atoms with E-state index in [1.807, 2.05) is 11.8 Å². The largest absolute Gasteiger partial charge is 0.491 e. The van der Waals surface area contributed by atoms with E-state index in [1.165, 1.54) is 17.7 Å². The van der Waals surface area contributed by atoms with E-state index < -0.39 is 0 Å². The summed E-state index contributed by atoms with van der Waals surface area (Å²) in [5.41, 5.74) is 1.29. The van der Waals surface area contributed by atoms with Crippen LogP contribution in [-0.4, -0.2) is 24.2 Å². The molecule has 0 aliphatic rings. The molecule has 0 aliphatic heterocycles. The van der Waals surface area contributed by atoms with Crippen molar-refractivity contribution in [3.63, 3.8) is 0 Å². The Bertz CT molecular complexity index is 368. The summed E-state index contributed by atoms with van der Waals surface area (Å²) in [6.07, 6.45) is 2.60. The molecule has 1 N–H and O–H groups in total. The van der Waals surface area contributed by atoms with Crippen LogP contribution in [0.1, 0.15) is 52.1 Å². The van der Waals surface area contributed by atoms with Crippen molar-refractivity contribution in [1.29, 1.82) is 0 Å². The van der Waals surface area contributed by atoms with Crippen LogP contribution >= 0.6 is 11.8 Å². The number of nitrogens with one attached hydrogen (secondary N) is 1. The Morgan fingerprint density at radius 3 is 2.55 bits per heavy atom. The highest BCUT2D eigenvalue weighted by Crippen LogP contribution is 2.28. The van der Waals surface area contributed by atoms with E-state index in [0.29, 0.717) is 6.04 Å². The molecule has 2 nitrogen and oxygen atoms in total. The number of rotatable bonds is 10. The van der Waals surface area contributed by atoms with E-state index in [-0.39, 0.29) is 6.10 Å². The van der Waals surface area contributed by atoms with Crippen LogP contribution in [0, 0.1) is 0 Å². The molecule has 20 heavy (non-hydrogen) atoms. The molecule has 0 heterocycles. The first-order chi connectivity index (χ1) is 9.69. The molecule has 1 atom stereocenters. The Kier molecular flexibility index (Phi) is 8.79. The Balaban J connectivity index is 2.81. The third-order valence-electron chi connectivity index (χ3n) is 2.93. The fraction of sp³-hybridized carbons (Fsp3) is 0.647. The van der Waals surface area contributed by atoms with Crippen molar-refractivity contribution in [3.8, 4) is 5.75 Å². The molecule has 114 valence electrons. The normalized spacial score (nSPS) is 12.7. The zero-order chi connectivity index (χ0) is 14.8. The maximum absolute atomic E-state index is 5.96. The lowest BCUT2D eigenvalue weighted by molar-refractivity contribution is 0.238. The second-order valence-corrected chi connectivity index (χ2v) is 6.44. The summed E-state index contributed by atoms with van der Waals surface area (Å²) in [6.45, 7) is 9.65. The van der Waals surface area contributed by atoms with Gasteiger partial charge in [0.15, 0.2) is 0 Å². The average molecular weight is 295 g/mol. The summed E-state index contributed by atoms with van der Waals surface area (Å²) >= 11 is 2.02. The highest BCUT2D eigenvalue weighted by molar-refractivity contribution is 7.99. The van der Waals surface area contributed by atoms with Crippen molar-refractivity contribution in [2.75, 3.05) is 18.1 Å². The van der Waals surface area contributed by atoms with Gasteiger partial charge in [-0.05, 0) is 45.1 Å². The zero-order valence-corrected chi connectivity index (χ0v) is 14.1. The van der Waals surface area contributed by atoms with Crippen molar-refractivity contribution in [3.05, 3.63) is 29.8 Å². The summed E-state index contributed by atoms with van der Waals surface area (Å²) in [6, 6.07) is 8.81. The van der Waals surface area contributed by atoms with Crippen LogP contribution in [0.5, 0.6) is 5.75 Å². The maximum Gasteiger partial charge on any atom is 0.124 e. The first-order valence-corrected chi connectivity index (χ1v) is 8.91. The molecular formula is C17H29NOS. The van der Waals surface area contributed by atoms with Crippen molar-refractivity contribution in [1.82, 2.24) is 5.32 Å². The molecule has 1 aromatic carbocycles. The van der Waals surface area contributed by atoms with Gasteiger partial charge in [0.05, 0.1) is 6.10 Å². The molecule has 0 spiro atoms. The van der Waals surface area contributed by atoms with Gasteiger partial charge in [-0.2, -0.15) is 11.8 Å². The molecule has 0 saturated carbocycles. The van der Waals surface area contributed by atoms with Gasteiger partial charge in [0.25, 0.3) is 0 Å². The van der Waals surface area contributed by atoms with Crippen molar-refractivity contribution in [2.24, 2.45) is 0 Å². The number of hydrogen-bond donors (Lipinski definition) is 1. The van der Waals surface area contributed by atoms with Gasteiger partial charge in [-0.3, -0.25) is 0 Å². The Labute approximate surface area is 128 Å². The second kappa shape index (κ2) is 10.1. The van der Waals surface area contributed by atoms with Crippen LogP contribution in [0.15, 0.2) is 24.3 Å². The van der Waals surface area contributed by atoms with Crippen LogP contribution < -0.4 is 10.1 Å². The molecule has 0 radical (unpaired) electrons. The molecule has 0 fully saturated rings. The van der Waals surface area contributed by atoms with Gasteiger partial charge in [-0.1, -0.05) is 32.0 Å². The highest BCUT2D eigenvalue weighted by Gasteiger charge is 2.16. The minimum absolute atomic E-state index is 0.214. The fourth-order valence-corrected chi connectivity index (χ4v) is 3.04. The van der Waals surface area contributed by atoms with Crippen LogP contribution in [0.3, 0.4) is 0 Å². The lowest BCUT2D eigenvalue weighted by Gasteiger charge is -2.22. The third-order valence-corrected chi connectivity index (χ3v) is 4.20. The Morgan fingerprint density at radius 1 is 1.15 bits per heavy atom. The third kappa shape index (κ3) is 6.19. The first-order valence-electron chi connectivity index (χ1n) is 7.75. The standard InChI is InChI=1S/C17H29NOS/c1-5-11-18-16(13-20-12-6-2)15-9-7-8-10-17(15)19-14(3)4/h7-10,14,16,18H,5-6,11-13H2,1-4H3. The topological polar surface area (TPSA) is 21.3 Å². The number of para-hydroxylation sites is 1. The van der Waals surface area contributed by atoms with E-state index >= 15 is 0 Å². The van der Waals surface area contributed by atoms with Gasteiger partial charge in [0.2, 0.25) is 0 Å². The predicted octanol–water partition coefficient (Wildman–Crippen LogP) is 4.66. The van der Waals surface area contributed by atoms with E-state index in [9.17, 15) is 0 Å². The number of ether oxygens (including phenoxy) is 1. The Hall–Kier alpha value is -0.670. The van der Waals surface area contributed by atoms with Gasteiger partial charge < -0.3 is 10.1 Å². The smallest absolute Gasteiger partial charge is 0.124 e. The summed E-state index contributed by atoms with van der Waals surface area (Å²) < 4.78 is 5.96. The fourth-order valence-electron chi connectivity index (χ4n) is 2.05. The van der Waals surface area contributed by atoms with E-state index in [2.05, 4.69) is 57.3 Å². The number of benzene rings is 1. The zero-order valence-electron chi connectivity index (χ0n) is 13.3. The van der Waals surface area contributed by atoms with Crippen molar-refractivity contribution >= 4 is 11.8 Å². The molecule has 0 saturated heterocycles. The minimum atomic E-state index is 0.214. The summed E-state index contributed by atoms with van der Waals surface area (Å²) in [4.78, 5) is 0. The van der Waals surface area contributed by atoms with Crippen LogP contribution in [0.25, 0.3) is 0 Å². The van der Waals surface area contributed by atoms with E-state index in [4.69, 9.17) is 4.74 Å². The molecule has 0 aromatic heterocycles. The molecular weight excluding hydrogens is 266 g/mol. The number of hydrogen-bond acceptors (Lipinski definition) is 3. The molecule has 1 aromatic rings. The van der Waals surface area contributed by atoms with Gasteiger partial charge in [0.1, 0.15) is 5.75 Å². The minimum Gasteiger partial charge on any atom is -0.491 e. The lowest BCUT2D eigenvalue weighted by atomic mass is 10.1. The average Bonchev–Trinajstić information content (AvgIpc) is 2.43. The number of thioether (sulfide) groups is 1. The lowest BCUT2D eigenvalue weighted by Crippen LogP contribution is -2.25. The first kappa shape index (κ1) is 17.4. The molecule has 0 amide bonds. The molecule has 1 rings (SSSR count). The Morgan fingerprint density at radius 2 is 1.90 bits per heavy atom. The molecule has 1 unspecified atom stereocenters. The molecule has 0 aliphatic carbocycles. The maximum atomic E-state index is 5.96. The van der Waals surface area contributed by atoms with Crippen LogP contribution in [-0.2, 0) is 0 Å². The van der Waals surface area contributed by atoms with Gasteiger partial charge >= 0.3 is 0 Å². The molecule has 0 bridgehead atoms. The van der Waals surface area contributed by atoms with Crippen molar-refractivity contribution in [2.45, 2.75) is 52.7 Å². The van der Waals surface area contributed by atoms with Gasteiger partial charge in [-0.15, -0.1) is 0 Å². The summed E-state index contributed by atoms with van der Waals surface area (Å²) in [5.74, 6) is 3.34. The highest BCUT2D eigenvalue weighted by atomic mass is 32.2. The van der Waals surface area contributed by atoms with Crippen LogP contribution in [0.4, 0.5) is 0 Å². The van der Waals surface area contributed by atoms with Crippen molar-refractivity contribution < 1.29 is 4.74 Å². The molecule has 3 heteroatoms. The summed E-state index contributed by atoms with van der Waals surface area (Å²) in [5, 5.41) is 3.66. The van der Waals surface area contributed by atoms with E-state index in [0.717, 1.165) is 24.5 Å². The SMILES string of the molecule is CCCNC(CSCCC)c1ccccc1OC(C)C. The quantitative estimate of drug-likeness (QED) is 0.634. The monoisotopic (exact) mass is 295 g/mol. The van der Waals surface area contributed by atoms with Gasteiger partial charge in [0, 0.05) is 17.4 Å². The van der Waals surface area contributed by atoms with Gasteiger partial charge in [-0.25, -0.2) is 0 Å². The predicted molar refractivity (Wildman–Crippen MR) is 90.9 cm³/mol. The second-order valence-electron chi connectivity index (χ2n) is 5.29. The summed E-state index contributed by atoms with van der Waals surface area (Å²) in [7, 11) is 0. The van der Waals surface area contributed by atoms with E-state index in [1.54, 1.807) is 0 Å². The van der Waals surface area contributed by atoms with Crippen LogP contribution in [0.2, 0.25) is 0 Å².